The number of amides is 1. The maximum Gasteiger partial charge on any atom is 0.237 e. The first-order valence-electron chi connectivity index (χ1n) is 5.94. The average molecular weight is 383 g/mol. The van der Waals surface area contributed by atoms with E-state index in [0.717, 1.165) is 14.2 Å². The van der Waals surface area contributed by atoms with Crippen molar-refractivity contribution in [3.63, 3.8) is 0 Å². The van der Waals surface area contributed by atoms with Crippen LogP contribution in [0.3, 0.4) is 0 Å². The fourth-order valence-electron chi connectivity index (χ4n) is 1.55. The summed E-state index contributed by atoms with van der Waals surface area (Å²) in [5, 5.41) is 2.84. The van der Waals surface area contributed by atoms with E-state index in [2.05, 4.69) is 27.9 Å². The minimum Gasteiger partial charge on any atom is -0.324 e. The summed E-state index contributed by atoms with van der Waals surface area (Å²) < 4.78 is 1.05. The van der Waals surface area contributed by atoms with E-state index in [1.807, 2.05) is 61.5 Å². The zero-order chi connectivity index (χ0) is 13.7. The lowest BCUT2D eigenvalue weighted by Crippen LogP contribution is -2.22. The van der Waals surface area contributed by atoms with Crippen molar-refractivity contribution in [3.8, 4) is 0 Å². The van der Waals surface area contributed by atoms with E-state index in [9.17, 15) is 4.79 Å². The van der Waals surface area contributed by atoms with Gasteiger partial charge in [-0.3, -0.25) is 4.79 Å². The summed E-state index contributed by atoms with van der Waals surface area (Å²) in [5.41, 5.74) is 0.869. The minimum absolute atomic E-state index is 0.0259. The molecule has 0 saturated carbocycles. The number of nitrogens with one attached hydrogen (secondary N) is 1. The average Bonchev–Trinajstić information content (AvgIpc) is 2.42. The Labute approximate surface area is 131 Å². The van der Waals surface area contributed by atoms with Gasteiger partial charge in [0.05, 0.1) is 10.9 Å². The molecular weight excluding hydrogens is 369 g/mol. The van der Waals surface area contributed by atoms with Gasteiger partial charge in [0, 0.05) is 8.47 Å². The van der Waals surface area contributed by atoms with Gasteiger partial charge in [-0.15, -0.1) is 11.8 Å². The van der Waals surface area contributed by atoms with Gasteiger partial charge in [0.2, 0.25) is 5.91 Å². The molecule has 0 fully saturated rings. The smallest absolute Gasteiger partial charge is 0.237 e. The summed E-state index contributed by atoms with van der Waals surface area (Å²) in [6, 6.07) is 17.7. The van der Waals surface area contributed by atoms with Crippen molar-refractivity contribution in [2.24, 2.45) is 0 Å². The number of hydrogen-bond acceptors (Lipinski definition) is 2. The molecule has 4 heteroatoms. The van der Waals surface area contributed by atoms with E-state index in [4.69, 9.17) is 0 Å². The predicted molar refractivity (Wildman–Crippen MR) is 89.5 cm³/mol. The molecule has 19 heavy (non-hydrogen) atoms. The van der Waals surface area contributed by atoms with Crippen molar-refractivity contribution in [2.75, 3.05) is 5.32 Å². The molecule has 0 aromatic heterocycles. The standard InChI is InChI=1S/C15H14INOS/c1-11(19-12-7-3-2-4-8-12)15(18)17-14-10-6-5-9-13(14)16/h2-11H,1H3,(H,17,18). The second-order valence-corrected chi connectivity index (χ2v) is 6.62. The van der Waals surface area contributed by atoms with Gasteiger partial charge in [0.25, 0.3) is 0 Å². The Morgan fingerprint density at radius 3 is 2.42 bits per heavy atom. The monoisotopic (exact) mass is 383 g/mol. The van der Waals surface area contributed by atoms with Gasteiger partial charge in [0.1, 0.15) is 0 Å². The second kappa shape index (κ2) is 6.96. The molecule has 98 valence electrons. The molecule has 0 aliphatic heterocycles. The lowest BCUT2D eigenvalue weighted by molar-refractivity contribution is -0.115. The van der Waals surface area contributed by atoms with Gasteiger partial charge in [-0.05, 0) is 53.8 Å². The van der Waals surface area contributed by atoms with E-state index in [1.54, 1.807) is 11.8 Å². The van der Waals surface area contributed by atoms with Crippen LogP contribution in [0.5, 0.6) is 0 Å². The Bertz CT molecular complexity index is 559. The van der Waals surface area contributed by atoms with Crippen LogP contribution in [0.1, 0.15) is 6.92 Å². The molecular formula is C15H14INOS. The van der Waals surface area contributed by atoms with Crippen LogP contribution in [0.15, 0.2) is 59.5 Å². The molecule has 0 saturated heterocycles. The Balaban J connectivity index is 1.99. The number of hydrogen-bond donors (Lipinski definition) is 1. The molecule has 2 aromatic carbocycles. The lowest BCUT2D eigenvalue weighted by Gasteiger charge is -2.12. The zero-order valence-corrected chi connectivity index (χ0v) is 13.4. The fourth-order valence-corrected chi connectivity index (χ4v) is 2.96. The first kappa shape index (κ1) is 14.4. The second-order valence-electron chi connectivity index (χ2n) is 4.04. The van der Waals surface area contributed by atoms with Gasteiger partial charge >= 0.3 is 0 Å². The van der Waals surface area contributed by atoms with Gasteiger partial charge in [-0.1, -0.05) is 30.3 Å². The number of anilines is 1. The van der Waals surface area contributed by atoms with E-state index in [0.29, 0.717) is 0 Å². The van der Waals surface area contributed by atoms with Gasteiger partial charge < -0.3 is 5.32 Å². The Morgan fingerprint density at radius 1 is 1.11 bits per heavy atom. The molecule has 0 radical (unpaired) electrons. The number of benzene rings is 2. The highest BCUT2D eigenvalue weighted by molar-refractivity contribution is 14.1. The number of rotatable bonds is 4. The van der Waals surface area contributed by atoms with Crippen LogP contribution in [0.4, 0.5) is 5.69 Å². The highest BCUT2D eigenvalue weighted by atomic mass is 127. The number of thioether (sulfide) groups is 1. The van der Waals surface area contributed by atoms with Crippen molar-refractivity contribution in [1.29, 1.82) is 0 Å². The number of carbonyl (C=O) groups excluding carboxylic acids is 1. The SMILES string of the molecule is CC(Sc1ccccc1)C(=O)Nc1ccccc1I. The van der Waals surface area contributed by atoms with Crippen molar-refractivity contribution in [1.82, 2.24) is 0 Å². The van der Waals surface area contributed by atoms with Crippen LogP contribution >= 0.6 is 34.4 Å². The van der Waals surface area contributed by atoms with Crippen LogP contribution in [0.2, 0.25) is 0 Å². The molecule has 2 nitrogen and oxygen atoms in total. The molecule has 1 unspecified atom stereocenters. The summed E-state index contributed by atoms with van der Waals surface area (Å²) >= 11 is 3.78. The summed E-state index contributed by atoms with van der Waals surface area (Å²) in [7, 11) is 0. The van der Waals surface area contributed by atoms with E-state index < -0.39 is 0 Å². The van der Waals surface area contributed by atoms with Crippen molar-refractivity contribution in [3.05, 3.63) is 58.2 Å². The number of halogens is 1. The van der Waals surface area contributed by atoms with Crippen LogP contribution in [0.25, 0.3) is 0 Å². The number of para-hydroxylation sites is 1. The molecule has 1 atom stereocenters. The molecule has 2 aromatic rings. The molecule has 0 aliphatic carbocycles. The predicted octanol–water partition coefficient (Wildman–Crippen LogP) is 4.41. The zero-order valence-electron chi connectivity index (χ0n) is 10.5. The quantitative estimate of drug-likeness (QED) is 0.626. The molecule has 0 spiro atoms. The Kier molecular flexibility index (Phi) is 5.27. The van der Waals surface area contributed by atoms with Crippen LogP contribution in [-0.2, 0) is 4.79 Å². The molecule has 2 rings (SSSR count). The minimum atomic E-state index is -0.126. The first-order chi connectivity index (χ1) is 9.16. The normalized spacial score (nSPS) is 11.9. The van der Waals surface area contributed by atoms with E-state index in [-0.39, 0.29) is 11.2 Å². The first-order valence-corrected chi connectivity index (χ1v) is 7.90. The van der Waals surface area contributed by atoms with Crippen LogP contribution < -0.4 is 5.32 Å². The third-order valence-electron chi connectivity index (χ3n) is 2.56. The maximum atomic E-state index is 12.1. The lowest BCUT2D eigenvalue weighted by atomic mass is 10.3. The summed E-state index contributed by atoms with van der Waals surface area (Å²) in [4.78, 5) is 13.2. The fraction of sp³-hybridized carbons (Fsp3) is 0.133. The maximum absolute atomic E-state index is 12.1. The van der Waals surface area contributed by atoms with Crippen molar-refractivity contribution >= 4 is 45.9 Å². The van der Waals surface area contributed by atoms with Crippen molar-refractivity contribution in [2.45, 2.75) is 17.1 Å². The van der Waals surface area contributed by atoms with E-state index in [1.165, 1.54) is 0 Å². The number of carbonyl (C=O) groups is 1. The van der Waals surface area contributed by atoms with Gasteiger partial charge in [0.15, 0.2) is 0 Å². The third-order valence-corrected chi connectivity index (χ3v) is 4.61. The molecule has 0 heterocycles. The summed E-state index contributed by atoms with van der Waals surface area (Å²) in [6.45, 7) is 1.92. The highest BCUT2D eigenvalue weighted by Gasteiger charge is 2.15. The topological polar surface area (TPSA) is 29.1 Å². The van der Waals surface area contributed by atoms with Crippen LogP contribution in [-0.4, -0.2) is 11.2 Å². The Hall–Kier alpha value is -1.01. The largest absolute Gasteiger partial charge is 0.324 e. The third kappa shape index (κ3) is 4.24. The molecule has 1 amide bonds. The molecule has 0 aliphatic rings. The summed E-state index contributed by atoms with van der Waals surface area (Å²) in [6.07, 6.45) is 0. The highest BCUT2D eigenvalue weighted by Crippen LogP contribution is 2.24. The van der Waals surface area contributed by atoms with Crippen LogP contribution in [0, 0.1) is 3.57 Å². The van der Waals surface area contributed by atoms with Gasteiger partial charge in [-0.2, -0.15) is 0 Å². The summed E-state index contributed by atoms with van der Waals surface area (Å²) in [5.74, 6) is 0.0259. The van der Waals surface area contributed by atoms with Gasteiger partial charge in [-0.25, -0.2) is 0 Å². The molecule has 0 bridgehead atoms. The Morgan fingerprint density at radius 2 is 1.74 bits per heavy atom. The molecule has 1 N–H and O–H groups in total. The van der Waals surface area contributed by atoms with E-state index >= 15 is 0 Å². The van der Waals surface area contributed by atoms with Crippen molar-refractivity contribution < 1.29 is 4.79 Å².